The van der Waals surface area contributed by atoms with Crippen molar-refractivity contribution in [2.24, 2.45) is 4.99 Å². The Balaban J connectivity index is 1.54. The fourth-order valence-corrected chi connectivity index (χ4v) is 3.14. The van der Waals surface area contributed by atoms with Gasteiger partial charge in [0.2, 0.25) is 0 Å². The Morgan fingerprint density at radius 3 is 2.16 bits per heavy atom. The molecule has 1 saturated heterocycles. The van der Waals surface area contributed by atoms with E-state index in [1.807, 2.05) is 30.3 Å². The Bertz CT molecular complexity index is 527. The molecule has 1 N–H and O–H groups in total. The summed E-state index contributed by atoms with van der Waals surface area (Å²) >= 11 is 0. The molecule has 0 radical (unpaired) electrons. The van der Waals surface area contributed by atoms with Gasteiger partial charge < -0.3 is 0 Å². The standard InChI is InChI=1S/C21H33N3O/c1-2-3-4-5-6-7-8-9-10-14-17-22-20-18-21(25)24(23-20)19-15-12-11-13-16-19/h11-13,15-16H,2-10,14,17-18H2,1H3,(H,22,23). The van der Waals surface area contributed by atoms with Crippen LogP contribution in [0.15, 0.2) is 35.3 Å². The summed E-state index contributed by atoms with van der Waals surface area (Å²) in [5.74, 6) is 0.859. The third-order valence-corrected chi connectivity index (χ3v) is 4.64. The molecule has 1 fully saturated rings. The highest BCUT2D eigenvalue weighted by molar-refractivity contribution is 6.13. The SMILES string of the molecule is CCCCCCCCCCCCN=C1CC(=O)N(c2ccccc2)N1. The van der Waals surface area contributed by atoms with E-state index in [2.05, 4.69) is 17.3 Å². The second kappa shape index (κ2) is 11.7. The molecule has 1 aliphatic rings. The quantitative estimate of drug-likeness (QED) is 0.527. The molecule has 1 heterocycles. The van der Waals surface area contributed by atoms with Crippen LogP contribution < -0.4 is 10.4 Å². The molecule has 0 atom stereocenters. The van der Waals surface area contributed by atoms with Crippen LogP contribution in [0.2, 0.25) is 0 Å². The van der Waals surface area contributed by atoms with Crippen molar-refractivity contribution in [2.45, 2.75) is 77.6 Å². The van der Waals surface area contributed by atoms with Crippen LogP contribution in [0.1, 0.15) is 77.6 Å². The monoisotopic (exact) mass is 343 g/mol. The number of carbonyl (C=O) groups excluding carboxylic acids is 1. The topological polar surface area (TPSA) is 44.7 Å². The maximum absolute atomic E-state index is 12.1. The van der Waals surface area contributed by atoms with Crippen LogP contribution in [0.25, 0.3) is 0 Å². The van der Waals surface area contributed by atoms with E-state index in [9.17, 15) is 4.79 Å². The minimum atomic E-state index is 0.0630. The largest absolute Gasteiger partial charge is 0.278 e. The summed E-state index contributed by atoms with van der Waals surface area (Å²) < 4.78 is 0. The van der Waals surface area contributed by atoms with Gasteiger partial charge in [0.1, 0.15) is 5.84 Å². The van der Waals surface area contributed by atoms with E-state index in [0.717, 1.165) is 24.5 Å². The van der Waals surface area contributed by atoms with Gasteiger partial charge in [-0.3, -0.25) is 15.2 Å². The fraction of sp³-hybridized carbons (Fsp3) is 0.619. The summed E-state index contributed by atoms with van der Waals surface area (Å²) in [7, 11) is 0. The molecule has 138 valence electrons. The molecule has 1 aromatic carbocycles. The number of amidine groups is 1. The van der Waals surface area contributed by atoms with Crippen LogP contribution in [0.5, 0.6) is 0 Å². The number of anilines is 1. The Morgan fingerprint density at radius 1 is 0.920 bits per heavy atom. The first-order valence-electron chi connectivity index (χ1n) is 9.99. The molecule has 2 rings (SSSR count). The summed E-state index contributed by atoms with van der Waals surface area (Å²) in [4.78, 5) is 16.6. The molecule has 0 bridgehead atoms. The van der Waals surface area contributed by atoms with Crippen LogP contribution in [0, 0.1) is 0 Å². The molecule has 4 nitrogen and oxygen atoms in total. The minimum Gasteiger partial charge on any atom is -0.278 e. The van der Waals surface area contributed by atoms with Gasteiger partial charge in [-0.1, -0.05) is 82.9 Å². The predicted molar refractivity (Wildman–Crippen MR) is 106 cm³/mol. The van der Waals surface area contributed by atoms with E-state index >= 15 is 0 Å². The van der Waals surface area contributed by atoms with Gasteiger partial charge in [0.05, 0.1) is 12.1 Å². The number of carbonyl (C=O) groups is 1. The smallest absolute Gasteiger partial charge is 0.253 e. The molecular weight excluding hydrogens is 310 g/mol. The van der Waals surface area contributed by atoms with Crippen molar-refractivity contribution in [1.82, 2.24) is 5.43 Å². The van der Waals surface area contributed by atoms with Crippen molar-refractivity contribution < 1.29 is 4.79 Å². The van der Waals surface area contributed by atoms with Gasteiger partial charge in [-0.2, -0.15) is 0 Å². The number of para-hydroxylation sites is 1. The predicted octanol–water partition coefficient (Wildman–Crippen LogP) is 5.25. The normalized spacial score (nSPS) is 15.8. The summed E-state index contributed by atoms with van der Waals surface area (Å²) in [6, 6.07) is 9.67. The molecule has 0 aromatic heterocycles. The third-order valence-electron chi connectivity index (χ3n) is 4.64. The Morgan fingerprint density at radius 2 is 1.52 bits per heavy atom. The van der Waals surface area contributed by atoms with Crippen LogP contribution in [-0.2, 0) is 4.79 Å². The van der Waals surface area contributed by atoms with E-state index in [1.165, 1.54) is 57.8 Å². The van der Waals surface area contributed by atoms with Gasteiger partial charge in [0.15, 0.2) is 0 Å². The first-order chi connectivity index (χ1) is 12.3. The molecule has 0 spiro atoms. The second-order valence-electron chi connectivity index (χ2n) is 6.86. The van der Waals surface area contributed by atoms with Gasteiger partial charge >= 0.3 is 0 Å². The van der Waals surface area contributed by atoms with Crippen LogP contribution >= 0.6 is 0 Å². The number of amides is 1. The zero-order valence-electron chi connectivity index (χ0n) is 15.7. The van der Waals surface area contributed by atoms with E-state index < -0.39 is 0 Å². The molecule has 0 saturated carbocycles. The summed E-state index contributed by atoms with van der Waals surface area (Å²) in [6.45, 7) is 3.08. The molecular formula is C21H33N3O. The summed E-state index contributed by atoms with van der Waals surface area (Å²) in [5.41, 5.74) is 4.00. The summed E-state index contributed by atoms with van der Waals surface area (Å²) in [5, 5.41) is 1.59. The molecule has 1 aromatic rings. The van der Waals surface area contributed by atoms with E-state index in [0.29, 0.717) is 6.42 Å². The second-order valence-corrected chi connectivity index (χ2v) is 6.86. The molecule has 25 heavy (non-hydrogen) atoms. The van der Waals surface area contributed by atoms with Crippen molar-refractivity contribution in [1.29, 1.82) is 0 Å². The maximum Gasteiger partial charge on any atom is 0.253 e. The van der Waals surface area contributed by atoms with Gasteiger partial charge in [0.25, 0.3) is 5.91 Å². The van der Waals surface area contributed by atoms with Crippen LogP contribution in [0.4, 0.5) is 5.69 Å². The van der Waals surface area contributed by atoms with Crippen LogP contribution in [-0.4, -0.2) is 18.3 Å². The van der Waals surface area contributed by atoms with Gasteiger partial charge in [-0.15, -0.1) is 0 Å². The van der Waals surface area contributed by atoms with Crippen molar-refractivity contribution >= 4 is 17.4 Å². The molecule has 1 amide bonds. The Labute approximate surface area is 152 Å². The Kier molecular flexibility index (Phi) is 9.09. The highest BCUT2D eigenvalue weighted by atomic mass is 16.2. The fourth-order valence-electron chi connectivity index (χ4n) is 3.14. The number of hydrogen-bond donors (Lipinski definition) is 1. The first-order valence-corrected chi connectivity index (χ1v) is 9.99. The Hall–Kier alpha value is -1.84. The van der Waals surface area contributed by atoms with Gasteiger partial charge in [-0.25, -0.2) is 5.01 Å². The van der Waals surface area contributed by atoms with Gasteiger partial charge in [0, 0.05) is 6.54 Å². The highest BCUT2D eigenvalue weighted by Crippen LogP contribution is 2.16. The van der Waals surface area contributed by atoms with E-state index in [4.69, 9.17) is 0 Å². The number of nitrogens with one attached hydrogen (secondary N) is 1. The lowest BCUT2D eigenvalue weighted by Crippen LogP contribution is -2.35. The first kappa shape index (κ1) is 19.5. The van der Waals surface area contributed by atoms with Crippen molar-refractivity contribution in [3.63, 3.8) is 0 Å². The maximum atomic E-state index is 12.1. The zero-order valence-corrected chi connectivity index (χ0v) is 15.7. The zero-order chi connectivity index (χ0) is 17.7. The highest BCUT2D eigenvalue weighted by Gasteiger charge is 2.26. The number of unbranched alkanes of at least 4 members (excludes halogenated alkanes) is 9. The van der Waals surface area contributed by atoms with Crippen LogP contribution in [0.3, 0.4) is 0 Å². The number of benzene rings is 1. The molecule has 1 aliphatic heterocycles. The lowest BCUT2D eigenvalue weighted by Gasteiger charge is -2.15. The number of rotatable bonds is 12. The lowest BCUT2D eigenvalue weighted by atomic mass is 10.1. The lowest BCUT2D eigenvalue weighted by molar-refractivity contribution is -0.116. The van der Waals surface area contributed by atoms with Crippen molar-refractivity contribution in [2.75, 3.05) is 11.6 Å². The number of aliphatic imine (C=N–C) groups is 1. The molecule has 0 unspecified atom stereocenters. The number of hydrazine groups is 1. The van der Waals surface area contributed by atoms with Gasteiger partial charge in [-0.05, 0) is 18.6 Å². The van der Waals surface area contributed by atoms with Crippen molar-refractivity contribution in [3.05, 3.63) is 30.3 Å². The van der Waals surface area contributed by atoms with Crippen molar-refractivity contribution in [3.8, 4) is 0 Å². The minimum absolute atomic E-state index is 0.0630. The average Bonchev–Trinajstić information content (AvgIpc) is 3.01. The summed E-state index contributed by atoms with van der Waals surface area (Å²) in [6.07, 6.45) is 13.7. The van der Waals surface area contributed by atoms with E-state index in [1.54, 1.807) is 5.01 Å². The van der Waals surface area contributed by atoms with E-state index in [-0.39, 0.29) is 5.91 Å². The average molecular weight is 344 g/mol. The molecule has 4 heteroatoms. The number of hydrogen-bond acceptors (Lipinski definition) is 2. The molecule has 0 aliphatic carbocycles. The number of nitrogens with zero attached hydrogens (tertiary/aromatic N) is 2. The third kappa shape index (κ3) is 7.29.